The number of carbonyl (C=O) groups excluding carboxylic acids is 1. The number of hydrogen-bond donors (Lipinski definition) is 1. The zero-order valence-electron chi connectivity index (χ0n) is 19.6. The second-order valence-electron chi connectivity index (χ2n) is 7.19. The zero-order chi connectivity index (χ0) is 26.3. The number of methoxy groups -OCH3 is 3. The van der Waals surface area contributed by atoms with Crippen molar-refractivity contribution in [3.63, 3.8) is 0 Å². The lowest BCUT2D eigenvalue weighted by Crippen LogP contribution is -2.39. The van der Waals surface area contributed by atoms with Gasteiger partial charge in [0.25, 0.3) is 15.9 Å². The SMILES string of the molecule is COc1ccc(N(CC(=O)N/N=C\c2ccc(Cl)cc2Cl)S(=O)(=O)c2ccc(OC)c(OC)c2)cc1. The van der Waals surface area contributed by atoms with Crippen molar-refractivity contribution in [1.29, 1.82) is 0 Å². The van der Waals surface area contributed by atoms with Crippen LogP contribution < -0.4 is 23.9 Å². The molecule has 3 aromatic carbocycles. The van der Waals surface area contributed by atoms with Gasteiger partial charge in [-0.15, -0.1) is 0 Å². The standard InChI is InChI=1S/C24H23Cl2N3O6S/c1-33-19-8-6-18(7-9-19)29(36(31,32)20-10-11-22(34-2)23(13-20)35-3)15-24(30)28-27-14-16-4-5-17(25)12-21(16)26/h4-14H,15H2,1-3H3,(H,28,30)/b27-14-. The van der Waals surface area contributed by atoms with E-state index < -0.39 is 22.5 Å². The predicted molar refractivity (Wildman–Crippen MR) is 139 cm³/mol. The normalized spacial score (nSPS) is 11.2. The van der Waals surface area contributed by atoms with Crippen LogP contribution in [0.4, 0.5) is 5.69 Å². The van der Waals surface area contributed by atoms with Crippen LogP contribution in [0.1, 0.15) is 5.56 Å². The first-order valence-corrected chi connectivity index (χ1v) is 12.5. The molecule has 36 heavy (non-hydrogen) atoms. The number of halogens is 2. The molecule has 0 aliphatic heterocycles. The Bertz CT molecular complexity index is 1360. The second-order valence-corrected chi connectivity index (χ2v) is 9.89. The number of amides is 1. The number of ether oxygens (including phenoxy) is 3. The molecule has 190 valence electrons. The highest BCUT2D eigenvalue weighted by Gasteiger charge is 2.28. The number of rotatable bonds is 10. The van der Waals surface area contributed by atoms with Crippen LogP contribution in [-0.4, -0.2) is 48.4 Å². The molecule has 0 aromatic heterocycles. The Hall–Kier alpha value is -3.47. The minimum Gasteiger partial charge on any atom is -0.497 e. The van der Waals surface area contributed by atoms with Gasteiger partial charge in [0.15, 0.2) is 11.5 Å². The smallest absolute Gasteiger partial charge is 0.264 e. The molecule has 3 rings (SSSR count). The third-order valence-corrected chi connectivity index (χ3v) is 7.28. The summed E-state index contributed by atoms with van der Waals surface area (Å²) in [6, 6.07) is 15.2. The molecule has 0 saturated heterocycles. The van der Waals surface area contributed by atoms with Crippen molar-refractivity contribution < 1.29 is 27.4 Å². The van der Waals surface area contributed by atoms with Gasteiger partial charge in [0, 0.05) is 16.7 Å². The van der Waals surface area contributed by atoms with Crippen LogP contribution in [0.2, 0.25) is 10.0 Å². The number of nitrogens with one attached hydrogen (secondary N) is 1. The van der Waals surface area contributed by atoms with E-state index >= 15 is 0 Å². The lowest BCUT2D eigenvalue weighted by Gasteiger charge is -2.24. The highest BCUT2D eigenvalue weighted by molar-refractivity contribution is 7.92. The van der Waals surface area contributed by atoms with Gasteiger partial charge in [-0.3, -0.25) is 9.10 Å². The first-order chi connectivity index (χ1) is 17.2. The number of nitrogens with zero attached hydrogens (tertiary/aromatic N) is 2. The van der Waals surface area contributed by atoms with E-state index in [-0.39, 0.29) is 16.3 Å². The van der Waals surface area contributed by atoms with E-state index in [4.69, 9.17) is 37.4 Å². The summed E-state index contributed by atoms with van der Waals surface area (Å²) in [5.41, 5.74) is 3.08. The molecule has 0 aliphatic carbocycles. The highest BCUT2D eigenvalue weighted by atomic mass is 35.5. The zero-order valence-corrected chi connectivity index (χ0v) is 21.9. The Morgan fingerprint density at radius 3 is 2.25 bits per heavy atom. The van der Waals surface area contributed by atoms with Gasteiger partial charge in [-0.05, 0) is 48.5 Å². The van der Waals surface area contributed by atoms with Crippen LogP contribution in [-0.2, 0) is 14.8 Å². The molecule has 1 N–H and O–H groups in total. The summed E-state index contributed by atoms with van der Waals surface area (Å²) in [4.78, 5) is 12.6. The fraction of sp³-hybridized carbons (Fsp3) is 0.167. The molecule has 0 spiro atoms. The molecule has 1 amide bonds. The minimum absolute atomic E-state index is 0.0970. The maximum atomic E-state index is 13.6. The fourth-order valence-corrected chi connectivity index (χ4v) is 5.01. The molecule has 0 radical (unpaired) electrons. The Morgan fingerprint density at radius 1 is 0.944 bits per heavy atom. The molecule has 9 nitrogen and oxygen atoms in total. The summed E-state index contributed by atoms with van der Waals surface area (Å²) >= 11 is 12.0. The van der Waals surface area contributed by atoms with Crippen molar-refractivity contribution in [2.75, 3.05) is 32.2 Å². The monoisotopic (exact) mass is 551 g/mol. The first kappa shape index (κ1) is 27.1. The van der Waals surface area contributed by atoms with Crippen LogP contribution in [0, 0.1) is 0 Å². The summed E-state index contributed by atoms with van der Waals surface area (Å²) in [6.07, 6.45) is 1.33. The Labute approximate surface area is 219 Å². The van der Waals surface area contributed by atoms with Gasteiger partial charge in [-0.25, -0.2) is 13.8 Å². The lowest BCUT2D eigenvalue weighted by molar-refractivity contribution is -0.119. The number of sulfonamides is 1. The second kappa shape index (κ2) is 12.0. The third kappa shape index (κ3) is 6.39. The van der Waals surface area contributed by atoms with Gasteiger partial charge >= 0.3 is 0 Å². The molecule has 12 heteroatoms. The van der Waals surface area contributed by atoms with E-state index in [9.17, 15) is 13.2 Å². The molecule has 0 saturated carbocycles. The number of anilines is 1. The van der Waals surface area contributed by atoms with Gasteiger partial charge in [-0.2, -0.15) is 5.10 Å². The van der Waals surface area contributed by atoms with E-state index in [1.54, 1.807) is 24.3 Å². The molecule has 3 aromatic rings. The van der Waals surface area contributed by atoms with Crippen LogP contribution in [0.5, 0.6) is 17.2 Å². The molecular weight excluding hydrogens is 529 g/mol. The van der Waals surface area contributed by atoms with E-state index in [0.29, 0.717) is 27.1 Å². The Kier molecular flexibility index (Phi) is 9.03. The van der Waals surface area contributed by atoms with Gasteiger partial charge in [0.2, 0.25) is 0 Å². The van der Waals surface area contributed by atoms with Crippen molar-refractivity contribution >= 4 is 51.0 Å². The number of carbonyl (C=O) groups is 1. The highest BCUT2D eigenvalue weighted by Crippen LogP contribution is 2.32. The van der Waals surface area contributed by atoms with Crippen LogP contribution in [0.25, 0.3) is 0 Å². The topological polar surface area (TPSA) is 107 Å². The van der Waals surface area contributed by atoms with Crippen LogP contribution in [0.15, 0.2) is 70.7 Å². The predicted octanol–water partition coefficient (Wildman–Crippen LogP) is 4.36. The van der Waals surface area contributed by atoms with Crippen molar-refractivity contribution in [3.8, 4) is 17.2 Å². The first-order valence-electron chi connectivity index (χ1n) is 10.4. The van der Waals surface area contributed by atoms with Gasteiger partial charge in [-0.1, -0.05) is 29.3 Å². The molecule has 0 atom stereocenters. The van der Waals surface area contributed by atoms with Crippen molar-refractivity contribution in [1.82, 2.24) is 5.43 Å². The summed E-state index contributed by atoms with van der Waals surface area (Å²) in [5, 5.41) is 4.68. The van der Waals surface area contributed by atoms with Crippen LogP contribution in [0.3, 0.4) is 0 Å². The summed E-state index contributed by atoms with van der Waals surface area (Å²) in [5.74, 6) is 0.426. The van der Waals surface area contributed by atoms with Gasteiger partial charge < -0.3 is 14.2 Å². The quantitative estimate of drug-likeness (QED) is 0.296. The molecule has 0 unspecified atom stereocenters. The average Bonchev–Trinajstić information content (AvgIpc) is 2.88. The fourth-order valence-electron chi connectivity index (χ4n) is 3.11. The Balaban J connectivity index is 1.90. The van der Waals surface area contributed by atoms with Gasteiger partial charge in [0.05, 0.1) is 43.1 Å². The summed E-state index contributed by atoms with van der Waals surface area (Å²) in [6.45, 7) is -0.561. The van der Waals surface area contributed by atoms with Gasteiger partial charge in [0.1, 0.15) is 12.3 Å². The molecule has 0 heterocycles. The molecule has 0 fully saturated rings. The minimum atomic E-state index is -4.21. The molecule has 0 aliphatic rings. The molecule has 0 bridgehead atoms. The van der Waals surface area contributed by atoms with Crippen molar-refractivity contribution in [2.45, 2.75) is 4.90 Å². The van der Waals surface area contributed by atoms with E-state index in [2.05, 4.69) is 10.5 Å². The summed E-state index contributed by atoms with van der Waals surface area (Å²) < 4.78 is 43.8. The lowest BCUT2D eigenvalue weighted by atomic mass is 10.2. The number of hydrazone groups is 1. The summed E-state index contributed by atoms with van der Waals surface area (Å²) in [7, 11) is 0.124. The number of benzene rings is 3. The number of hydrogen-bond acceptors (Lipinski definition) is 7. The van der Waals surface area contributed by atoms with E-state index in [0.717, 1.165) is 4.31 Å². The van der Waals surface area contributed by atoms with E-state index in [1.807, 2.05) is 0 Å². The van der Waals surface area contributed by atoms with Crippen LogP contribution >= 0.6 is 23.2 Å². The Morgan fingerprint density at radius 2 is 1.64 bits per heavy atom. The maximum Gasteiger partial charge on any atom is 0.264 e. The van der Waals surface area contributed by atoms with Crippen molar-refractivity contribution in [3.05, 3.63) is 76.3 Å². The maximum absolute atomic E-state index is 13.6. The largest absolute Gasteiger partial charge is 0.497 e. The molecular formula is C24H23Cl2N3O6S. The average molecular weight is 552 g/mol. The third-order valence-electron chi connectivity index (χ3n) is 4.95. The van der Waals surface area contributed by atoms with E-state index in [1.165, 1.54) is 63.9 Å². The van der Waals surface area contributed by atoms with Crippen molar-refractivity contribution in [2.24, 2.45) is 5.10 Å².